The van der Waals surface area contributed by atoms with Crippen LogP contribution >= 0.6 is 0 Å². The zero-order valence-electron chi connectivity index (χ0n) is 23.1. The van der Waals surface area contributed by atoms with Crippen LogP contribution in [0.5, 0.6) is 0 Å². The van der Waals surface area contributed by atoms with Gasteiger partial charge in [0.05, 0.1) is 66.2 Å². The molecule has 3 fully saturated rings. The first kappa shape index (κ1) is 29.0. The normalized spacial score (nSPS) is 24.2. The molecule has 2 aliphatic heterocycles. The zero-order valence-corrected chi connectivity index (χ0v) is 23.9. The van der Waals surface area contributed by atoms with E-state index in [0.29, 0.717) is 17.6 Å². The maximum absolute atomic E-state index is 13.9. The first-order valence-corrected chi connectivity index (χ1v) is 15.9. The zero-order chi connectivity index (χ0) is 29.1. The number of alkyl carbamates (subject to hydrolysis) is 1. The monoisotopic (exact) mass is 600 g/mol. The Morgan fingerprint density at radius 3 is 2.76 bits per heavy atom. The van der Waals surface area contributed by atoms with Crippen molar-refractivity contribution in [2.75, 3.05) is 19.8 Å². The Morgan fingerprint density at radius 1 is 1.14 bits per heavy atom. The Morgan fingerprint density at radius 2 is 1.95 bits per heavy atom. The van der Waals surface area contributed by atoms with E-state index in [-0.39, 0.29) is 36.2 Å². The molecule has 3 aromatic rings. The number of nitrogens with one attached hydrogen (secondary N) is 2. The van der Waals surface area contributed by atoms with Gasteiger partial charge in [-0.25, -0.2) is 18.2 Å². The van der Waals surface area contributed by atoms with E-state index in [9.17, 15) is 18.3 Å². The number of hydroxylamine groups is 1. The lowest BCUT2D eigenvalue weighted by atomic mass is 10.0. The molecule has 5 atom stereocenters. The fourth-order valence-electron chi connectivity index (χ4n) is 5.85. The van der Waals surface area contributed by atoms with Crippen molar-refractivity contribution in [1.82, 2.24) is 19.8 Å². The second-order valence-corrected chi connectivity index (χ2v) is 12.9. The molecule has 3 heterocycles. The van der Waals surface area contributed by atoms with Gasteiger partial charge >= 0.3 is 6.09 Å². The number of carbonyl (C=O) groups is 1. The molecule has 42 heavy (non-hydrogen) atoms. The van der Waals surface area contributed by atoms with Crippen LogP contribution in [0.1, 0.15) is 37.7 Å². The van der Waals surface area contributed by atoms with Gasteiger partial charge in [0.2, 0.25) is 0 Å². The molecule has 0 unspecified atom stereocenters. The van der Waals surface area contributed by atoms with Gasteiger partial charge in [-0.05, 0) is 49.4 Å². The lowest BCUT2D eigenvalue weighted by Gasteiger charge is -2.31. The number of fused-ring (bicyclic) bond motifs is 2. The summed E-state index contributed by atoms with van der Waals surface area (Å²) in [5.41, 5.74) is 2.05. The van der Waals surface area contributed by atoms with Crippen LogP contribution in [0.15, 0.2) is 59.8 Å². The number of hydrogen-bond donors (Lipinski definition) is 3. The van der Waals surface area contributed by atoms with Crippen LogP contribution in [0.25, 0.3) is 11.0 Å². The molecule has 1 aliphatic carbocycles. The number of aromatic nitrogens is 2. The highest BCUT2D eigenvalue weighted by molar-refractivity contribution is 7.89. The van der Waals surface area contributed by atoms with Crippen molar-refractivity contribution >= 4 is 27.1 Å². The number of nitrogens with zero attached hydrogens (tertiary/aromatic N) is 2. The fraction of sp³-hybridized carbons (Fsp3) is 0.517. The fourth-order valence-corrected chi connectivity index (χ4v) is 7.18. The van der Waals surface area contributed by atoms with E-state index < -0.39 is 40.9 Å². The van der Waals surface area contributed by atoms with Crippen molar-refractivity contribution in [3.63, 3.8) is 0 Å². The van der Waals surface area contributed by atoms with Crippen molar-refractivity contribution in [1.29, 1.82) is 0 Å². The van der Waals surface area contributed by atoms with Crippen molar-refractivity contribution in [2.45, 2.75) is 74.1 Å². The quantitative estimate of drug-likeness (QED) is 0.282. The van der Waals surface area contributed by atoms with Crippen LogP contribution in [0.4, 0.5) is 4.79 Å². The minimum absolute atomic E-state index is 0.00555. The summed E-state index contributed by atoms with van der Waals surface area (Å²) in [6.45, 7) is 0.379. The summed E-state index contributed by atoms with van der Waals surface area (Å²) in [6.07, 6.45) is 2.59. The highest BCUT2D eigenvalue weighted by Gasteiger charge is 2.44. The van der Waals surface area contributed by atoms with Crippen LogP contribution in [-0.2, 0) is 35.5 Å². The Kier molecular flexibility index (Phi) is 8.75. The maximum atomic E-state index is 13.9. The third-order valence-electron chi connectivity index (χ3n) is 8.17. The van der Waals surface area contributed by atoms with E-state index >= 15 is 0 Å². The molecule has 1 saturated carbocycles. The SMILES string of the molecule is O=C(N[C@@H](Cc1ccccc1)[C@H](O)CN(OC1CCCC1)S(=O)(=O)c1ccc2nc[nH]c2c1)O[C@H]1CO[C@H]2OCC[C@H]21. The minimum atomic E-state index is -4.19. The van der Waals surface area contributed by atoms with Gasteiger partial charge in [0.1, 0.15) is 6.10 Å². The van der Waals surface area contributed by atoms with Crippen LogP contribution in [0.2, 0.25) is 0 Å². The molecule has 1 aromatic heterocycles. The van der Waals surface area contributed by atoms with Gasteiger partial charge < -0.3 is 29.6 Å². The van der Waals surface area contributed by atoms with E-state index in [4.69, 9.17) is 19.0 Å². The predicted octanol–water partition coefficient (Wildman–Crippen LogP) is 2.89. The van der Waals surface area contributed by atoms with Gasteiger partial charge in [0.15, 0.2) is 6.29 Å². The van der Waals surface area contributed by atoms with Gasteiger partial charge in [0.25, 0.3) is 10.0 Å². The minimum Gasteiger partial charge on any atom is -0.443 e. The average molecular weight is 601 g/mol. The number of aromatic amines is 1. The summed E-state index contributed by atoms with van der Waals surface area (Å²) < 4.78 is 45.4. The Labute approximate surface area is 244 Å². The number of benzene rings is 2. The smallest absolute Gasteiger partial charge is 0.407 e. The molecule has 13 heteroatoms. The topological polar surface area (TPSA) is 152 Å². The molecule has 3 N–H and O–H groups in total. The van der Waals surface area contributed by atoms with Crippen LogP contribution in [0, 0.1) is 5.92 Å². The Bertz CT molecular complexity index is 1460. The first-order chi connectivity index (χ1) is 20.4. The Balaban J connectivity index is 1.22. The van der Waals surface area contributed by atoms with Crippen molar-refractivity contribution in [2.24, 2.45) is 5.92 Å². The van der Waals surface area contributed by atoms with Crippen LogP contribution in [-0.4, -0.2) is 84.5 Å². The predicted molar refractivity (Wildman–Crippen MR) is 150 cm³/mol. The molecule has 12 nitrogen and oxygen atoms in total. The van der Waals surface area contributed by atoms with Gasteiger partial charge in [0, 0.05) is 0 Å². The third kappa shape index (κ3) is 6.46. The van der Waals surface area contributed by atoms with Crippen LogP contribution < -0.4 is 5.32 Å². The molecule has 2 aromatic carbocycles. The maximum Gasteiger partial charge on any atom is 0.407 e. The number of hydrogen-bond acceptors (Lipinski definition) is 9. The third-order valence-corrected chi connectivity index (χ3v) is 9.79. The highest BCUT2D eigenvalue weighted by Crippen LogP contribution is 2.33. The number of aliphatic hydroxyl groups is 1. The summed E-state index contributed by atoms with van der Waals surface area (Å²) in [5, 5.41) is 14.3. The molecule has 0 spiro atoms. The Hall–Kier alpha value is -3.07. The molecule has 2 saturated heterocycles. The number of rotatable bonds is 11. The number of imidazole rings is 1. The van der Waals surface area contributed by atoms with E-state index in [1.165, 1.54) is 18.5 Å². The van der Waals surface area contributed by atoms with E-state index in [1.807, 2.05) is 30.3 Å². The first-order valence-electron chi connectivity index (χ1n) is 14.4. The largest absolute Gasteiger partial charge is 0.443 e. The van der Waals surface area contributed by atoms with Gasteiger partial charge in [-0.3, -0.25) is 4.84 Å². The molecule has 0 radical (unpaired) electrons. The lowest BCUT2D eigenvalue weighted by molar-refractivity contribution is -0.145. The summed E-state index contributed by atoms with van der Waals surface area (Å²) in [6, 6.07) is 13.0. The molecule has 3 aliphatic rings. The molecular formula is C29H36N4O8S. The molecule has 6 rings (SSSR count). The van der Waals surface area contributed by atoms with E-state index in [0.717, 1.165) is 42.1 Å². The average Bonchev–Trinajstić information content (AvgIpc) is 3.79. The number of H-pyrrole nitrogens is 1. The number of carbonyl (C=O) groups excluding carboxylic acids is 1. The van der Waals surface area contributed by atoms with E-state index in [1.54, 1.807) is 6.07 Å². The molecular weight excluding hydrogens is 564 g/mol. The second kappa shape index (κ2) is 12.7. The van der Waals surface area contributed by atoms with Gasteiger partial charge in [-0.1, -0.05) is 47.6 Å². The summed E-state index contributed by atoms with van der Waals surface area (Å²) in [4.78, 5) is 26.2. The summed E-state index contributed by atoms with van der Waals surface area (Å²) >= 11 is 0. The molecule has 226 valence electrons. The number of ether oxygens (including phenoxy) is 3. The number of sulfonamides is 1. The van der Waals surface area contributed by atoms with Crippen LogP contribution in [0.3, 0.4) is 0 Å². The summed E-state index contributed by atoms with van der Waals surface area (Å²) in [7, 11) is -4.19. The van der Waals surface area contributed by atoms with Crippen molar-refractivity contribution in [3.05, 3.63) is 60.4 Å². The van der Waals surface area contributed by atoms with Crippen molar-refractivity contribution in [3.8, 4) is 0 Å². The molecule has 1 amide bonds. The highest BCUT2D eigenvalue weighted by atomic mass is 32.2. The van der Waals surface area contributed by atoms with Gasteiger partial charge in [-0.15, -0.1) is 0 Å². The standard InChI is InChI=1S/C29H36N4O8S/c34-26(16-33(41-20-8-4-5-9-20)42(36,37)21-10-11-23-24(15-21)31-18-30-23)25(14-19-6-2-1-3-7-19)32-29(35)40-27-17-39-28-22(27)12-13-38-28/h1-3,6-7,10-11,15,18,20,22,25-28,34H,4-5,8-9,12-14,16-17H2,(H,30,31)(H,32,35)/t22-,25-,26+,27-,28+/m0/s1. The van der Waals surface area contributed by atoms with E-state index in [2.05, 4.69) is 15.3 Å². The number of aliphatic hydroxyl groups excluding tert-OH is 1. The molecule has 0 bridgehead atoms. The van der Waals surface area contributed by atoms with Crippen molar-refractivity contribution < 1.29 is 37.4 Å². The summed E-state index contributed by atoms with van der Waals surface area (Å²) in [5.74, 6) is -0.0408. The second-order valence-electron chi connectivity index (χ2n) is 11.1. The number of amides is 1. The van der Waals surface area contributed by atoms with Gasteiger partial charge in [-0.2, -0.15) is 0 Å². The lowest BCUT2D eigenvalue weighted by Crippen LogP contribution is -2.51.